The summed E-state index contributed by atoms with van der Waals surface area (Å²) in [5.41, 5.74) is 7.47. The standard InChI is InChI=1S/C56H65N7O9S/c1-33-39(37-15-16-45(60-46(37)51(69)70)62-19-17-36-7-6-8-38(40(36)24-62)50(68)61-52-59-41-9-4-5-10-44(41)73-52)23-58-63(33)32-55-27-53(2)26-54(3,28-55)30-56(29-53,31-55)71-20-18-57-22-35-13-11-34(12-14-35)21-42-47(65)49(67)48(66)43(25-64)72-42/h4-16,23,42-43,47-49,57,64-67H,17-22,24-32H2,1-3H3,(H,69,70)(H,59,61,68)/t42?,43-,47+,48-,49-,53?,54?,55?,56?/m1/s1. The Morgan fingerprint density at radius 3 is 2.36 bits per heavy atom. The molecule has 1 amide bonds. The number of carbonyl (C=O) groups is 2. The molecule has 7 N–H and O–H groups in total. The summed E-state index contributed by atoms with van der Waals surface area (Å²) in [5.74, 6) is -0.812. The molecule has 0 radical (unpaired) electrons. The Kier molecular flexibility index (Phi) is 13.1. The minimum Gasteiger partial charge on any atom is -0.476 e. The summed E-state index contributed by atoms with van der Waals surface area (Å²) < 4.78 is 15.8. The molecule has 5 fully saturated rings. The van der Waals surface area contributed by atoms with Gasteiger partial charge in [-0.3, -0.25) is 14.8 Å². The SMILES string of the molecule is Cc1c(-c2ccc(N3CCc4cccc(C(=O)Nc5nc6ccccc6s5)c4C3)nc2C(=O)O)cnn1CC12CC3(C)CC(C)(C1)CC(OCCNCc1ccc(CC4O[C@H](CO)[C@@H](O)[C@H](O)[C@H]4O)cc1)(C3)C2. The molecular weight excluding hydrogens is 947 g/mol. The molecule has 4 saturated carbocycles. The van der Waals surface area contributed by atoms with Crippen molar-refractivity contribution in [1.29, 1.82) is 0 Å². The Labute approximate surface area is 428 Å². The van der Waals surface area contributed by atoms with Crippen molar-refractivity contribution >= 4 is 44.4 Å². The number of carboxylic acids is 1. The third kappa shape index (κ3) is 9.70. The topological polar surface area (TPSA) is 225 Å². The van der Waals surface area contributed by atoms with Crippen LogP contribution < -0.4 is 15.5 Å². The summed E-state index contributed by atoms with van der Waals surface area (Å²) >= 11 is 1.43. The first-order valence-electron chi connectivity index (χ1n) is 25.6. The van der Waals surface area contributed by atoms with Crippen LogP contribution in [0.15, 0.2) is 85.1 Å². The number of amides is 1. The number of ether oxygens (including phenoxy) is 2. The first kappa shape index (κ1) is 49.6. The molecule has 3 unspecified atom stereocenters. The lowest BCUT2D eigenvalue weighted by Crippen LogP contribution is -2.64. The minimum atomic E-state index is -1.39. The van der Waals surface area contributed by atoms with Crippen LogP contribution in [0.2, 0.25) is 0 Å². The van der Waals surface area contributed by atoms with Gasteiger partial charge in [0.15, 0.2) is 10.8 Å². The third-order valence-corrected chi connectivity index (χ3v) is 17.4. The molecule has 7 atom stereocenters. The van der Waals surface area contributed by atoms with Crippen molar-refractivity contribution in [3.8, 4) is 11.1 Å². The van der Waals surface area contributed by atoms with E-state index in [4.69, 9.17) is 19.6 Å². The average molecular weight is 1010 g/mol. The number of carboxylic acid groups (broad SMARTS) is 1. The van der Waals surface area contributed by atoms with E-state index in [-0.39, 0.29) is 33.4 Å². The Bertz CT molecular complexity index is 3000. The lowest BCUT2D eigenvalue weighted by Gasteiger charge is -2.69. The number of fused-ring (bicyclic) bond motifs is 2. The lowest BCUT2D eigenvalue weighted by molar-refractivity contribution is -0.247. The summed E-state index contributed by atoms with van der Waals surface area (Å²) in [7, 11) is 0. The number of aromatic nitrogens is 4. The van der Waals surface area contributed by atoms with E-state index in [9.17, 15) is 35.1 Å². The van der Waals surface area contributed by atoms with Crippen LogP contribution in [-0.4, -0.2) is 120 Å². The number of thiazole rings is 1. The Hall–Kier alpha value is -5.63. The molecule has 6 aromatic rings. The number of aromatic carboxylic acids is 1. The molecule has 384 valence electrons. The van der Waals surface area contributed by atoms with Crippen molar-refractivity contribution in [1.82, 2.24) is 25.1 Å². The van der Waals surface area contributed by atoms with Gasteiger partial charge in [-0.05, 0) is 121 Å². The molecule has 5 heterocycles. The summed E-state index contributed by atoms with van der Waals surface area (Å²) in [4.78, 5) is 38.2. The maximum atomic E-state index is 13.7. The first-order valence-corrected chi connectivity index (χ1v) is 26.4. The highest BCUT2D eigenvalue weighted by Crippen LogP contribution is 2.72. The van der Waals surface area contributed by atoms with Crippen LogP contribution in [0.25, 0.3) is 21.3 Å². The number of hydrogen-bond acceptors (Lipinski definition) is 14. The normalized spacial score (nSPS) is 29.4. The van der Waals surface area contributed by atoms with Crippen molar-refractivity contribution < 1.29 is 44.6 Å². The second kappa shape index (κ2) is 19.3. The lowest BCUT2D eigenvalue weighted by atomic mass is 9.39. The van der Waals surface area contributed by atoms with E-state index in [1.54, 1.807) is 6.20 Å². The Morgan fingerprint density at radius 2 is 1.60 bits per heavy atom. The van der Waals surface area contributed by atoms with E-state index < -0.39 is 43.1 Å². The molecule has 2 aliphatic heterocycles. The average Bonchev–Trinajstić information content (AvgIpc) is 3.93. The van der Waals surface area contributed by atoms with E-state index in [0.29, 0.717) is 67.7 Å². The fraction of sp³-hybridized carbons (Fsp3) is 0.482. The zero-order valence-electron chi connectivity index (χ0n) is 41.6. The monoisotopic (exact) mass is 1010 g/mol. The number of pyridine rings is 1. The number of para-hydroxylation sites is 1. The summed E-state index contributed by atoms with van der Waals surface area (Å²) in [6.07, 6.45) is 3.43. The van der Waals surface area contributed by atoms with Gasteiger partial charge in [-0.1, -0.05) is 73.7 Å². The highest BCUT2D eigenvalue weighted by Gasteiger charge is 2.66. The number of nitrogens with zero attached hydrogens (tertiary/aromatic N) is 5. The molecule has 3 aromatic heterocycles. The number of aliphatic hydroxyl groups is 4. The summed E-state index contributed by atoms with van der Waals surface area (Å²) in [5, 5.41) is 63.1. The highest BCUT2D eigenvalue weighted by molar-refractivity contribution is 7.22. The van der Waals surface area contributed by atoms with Gasteiger partial charge < -0.3 is 45.2 Å². The van der Waals surface area contributed by atoms with Gasteiger partial charge in [-0.25, -0.2) is 14.8 Å². The smallest absolute Gasteiger partial charge is 0.355 e. The molecule has 4 bridgehead atoms. The first-order chi connectivity index (χ1) is 35.0. The summed E-state index contributed by atoms with van der Waals surface area (Å²) in [6, 6.07) is 25.3. The van der Waals surface area contributed by atoms with Crippen molar-refractivity contribution in [2.45, 2.75) is 128 Å². The van der Waals surface area contributed by atoms with Crippen LogP contribution in [0.4, 0.5) is 10.9 Å². The predicted molar refractivity (Wildman–Crippen MR) is 277 cm³/mol. The molecule has 6 aliphatic rings. The van der Waals surface area contributed by atoms with Crippen LogP contribution in [0, 0.1) is 23.2 Å². The third-order valence-electron chi connectivity index (χ3n) is 16.4. The van der Waals surface area contributed by atoms with E-state index >= 15 is 0 Å². The Morgan fingerprint density at radius 1 is 0.849 bits per heavy atom. The quantitative estimate of drug-likeness (QED) is 0.0502. The number of rotatable bonds is 16. The molecule has 17 heteroatoms. The van der Waals surface area contributed by atoms with Crippen LogP contribution in [0.5, 0.6) is 0 Å². The van der Waals surface area contributed by atoms with Gasteiger partial charge in [-0.2, -0.15) is 5.10 Å². The fourth-order valence-electron chi connectivity index (χ4n) is 14.4. The number of nitrogens with one attached hydrogen (secondary N) is 2. The van der Waals surface area contributed by atoms with Crippen molar-refractivity contribution in [3.05, 3.63) is 124 Å². The number of benzene rings is 3. The largest absolute Gasteiger partial charge is 0.476 e. The van der Waals surface area contributed by atoms with Gasteiger partial charge in [0.25, 0.3) is 5.91 Å². The second-order valence-corrected chi connectivity index (χ2v) is 23.5. The van der Waals surface area contributed by atoms with Gasteiger partial charge in [0.1, 0.15) is 30.2 Å². The molecule has 1 saturated heterocycles. The minimum absolute atomic E-state index is 0.0348. The molecule has 73 heavy (non-hydrogen) atoms. The van der Waals surface area contributed by atoms with Gasteiger partial charge in [-0.15, -0.1) is 0 Å². The van der Waals surface area contributed by atoms with E-state index in [0.717, 1.165) is 82.4 Å². The fourth-order valence-corrected chi connectivity index (χ4v) is 15.2. The maximum absolute atomic E-state index is 13.7. The zero-order chi connectivity index (χ0) is 50.9. The molecule has 12 rings (SSSR count). The number of carbonyl (C=O) groups excluding carboxylic acids is 1. The van der Waals surface area contributed by atoms with Crippen LogP contribution in [0.3, 0.4) is 0 Å². The van der Waals surface area contributed by atoms with Crippen molar-refractivity contribution in [3.63, 3.8) is 0 Å². The van der Waals surface area contributed by atoms with Gasteiger partial charge in [0.2, 0.25) is 0 Å². The Balaban J connectivity index is 0.737. The highest BCUT2D eigenvalue weighted by atomic mass is 32.1. The predicted octanol–water partition coefficient (Wildman–Crippen LogP) is 6.69. The molecule has 3 aromatic carbocycles. The maximum Gasteiger partial charge on any atom is 0.355 e. The van der Waals surface area contributed by atoms with E-state index in [1.165, 1.54) is 17.8 Å². The number of anilines is 2. The molecule has 0 spiro atoms. The zero-order valence-corrected chi connectivity index (χ0v) is 42.4. The van der Waals surface area contributed by atoms with Crippen LogP contribution in [0.1, 0.15) is 101 Å². The van der Waals surface area contributed by atoms with Gasteiger partial charge in [0.05, 0.1) is 41.3 Å². The number of aliphatic hydroxyl groups excluding tert-OH is 4. The summed E-state index contributed by atoms with van der Waals surface area (Å²) in [6.45, 7) is 10.1. The number of hydrogen-bond donors (Lipinski definition) is 7. The molecular formula is C56H65N7O9S. The molecule has 16 nitrogen and oxygen atoms in total. The second-order valence-electron chi connectivity index (χ2n) is 22.5. The van der Waals surface area contributed by atoms with Crippen molar-refractivity contribution in [2.75, 3.05) is 36.5 Å². The van der Waals surface area contributed by atoms with Gasteiger partial charge >= 0.3 is 5.97 Å². The van der Waals surface area contributed by atoms with Crippen LogP contribution in [-0.2, 0) is 41.9 Å². The van der Waals surface area contributed by atoms with Crippen molar-refractivity contribution in [2.24, 2.45) is 16.2 Å². The van der Waals surface area contributed by atoms with Gasteiger partial charge in [0, 0.05) is 61.5 Å². The van der Waals surface area contributed by atoms with E-state index in [2.05, 4.69) is 34.1 Å². The van der Waals surface area contributed by atoms with E-state index in [1.807, 2.05) is 90.7 Å². The van der Waals surface area contributed by atoms with Crippen LogP contribution >= 0.6 is 11.3 Å². The molecule has 4 aliphatic carbocycles.